The van der Waals surface area contributed by atoms with Crippen molar-refractivity contribution in [2.45, 2.75) is 4.90 Å². The summed E-state index contributed by atoms with van der Waals surface area (Å²) in [7, 11) is -1.78. The molecule has 4 nitrogen and oxygen atoms in total. The second-order valence-electron chi connectivity index (χ2n) is 4.23. The summed E-state index contributed by atoms with van der Waals surface area (Å²) in [6.07, 6.45) is 0. The molecule has 0 spiro atoms. The van der Waals surface area contributed by atoms with Crippen molar-refractivity contribution in [2.75, 3.05) is 16.8 Å². The molecule has 0 bridgehead atoms. The average Bonchev–Trinajstić information content (AvgIpc) is 2.41. The van der Waals surface area contributed by atoms with Crippen molar-refractivity contribution in [1.29, 1.82) is 0 Å². The predicted molar refractivity (Wildman–Crippen MR) is 82.2 cm³/mol. The van der Waals surface area contributed by atoms with Crippen molar-refractivity contribution in [3.05, 3.63) is 53.3 Å². The summed E-state index contributed by atoms with van der Waals surface area (Å²) in [6, 6.07) is 10.3. The van der Waals surface area contributed by atoms with E-state index in [-0.39, 0.29) is 16.3 Å². The summed E-state index contributed by atoms with van der Waals surface area (Å²) in [5, 5.41) is 3.11. The normalized spacial score (nSPS) is 11.9. The fourth-order valence-corrected chi connectivity index (χ4v) is 2.72. The van der Waals surface area contributed by atoms with Crippen LogP contribution in [0.1, 0.15) is 0 Å². The second-order valence-corrected chi connectivity index (χ2v) is 6.09. The van der Waals surface area contributed by atoms with Crippen LogP contribution in [0.4, 0.5) is 15.8 Å². The third-order valence-corrected chi connectivity index (χ3v) is 4.19. The van der Waals surface area contributed by atoms with Gasteiger partial charge in [-0.2, -0.15) is 0 Å². The lowest BCUT2D eigenvalue weighted by molar-refractivity contribution is -0.113. The van der Waals surface area contributed by atoms with Crippen LogP contribution in [0.5, 0.6) is 0 Å². The van der Waals surface area contributed by atoms with Crippen LogP contribution in [0, 0.1) is 5.82 Å². The summed E-state index contributed by atoms with van der Waals surface area (Å²) in [5.74, 6) is -1.51. The lowest BCUT2D eigenvalue weighted by Crippen LogP contribution is -2.20. The molecule has 21 heavy (non-hydrogen) atoms. The maximum atomic E-state index is 13.6. The van der Waals surface area contributed by atoms with Crippen molar-refractivity contribution < 1.29 is 13.4 Å². The highest BCUT2D eigenvalue weighted by atomic mass is 35.5. The van der Waals surface area contributed by atoms with Gasteiger partial charge in [0.1, 0.15) is 11.6 Å². The standard InChI is InChI=1S/C14H12ClFN2O2S/c15-9-1-4-11(5-2-9)18-14(19)8-21(20)13-6-3-10(17)7-12(13)16/h1-7H,8,17H2,(H,18,19). The van der Waals surface area contributed by atoms with Gasteiger partial charge in [0.15, 0.2) is 0 Å². The Morgan fingerprint density at radius 3 is 2.52 bits per heavy atom. The van der Waals surface area contributed by atoms with Crippen LogP contribution in [0.3, 0.4) is 0 Å². The highest BCUT2D eigenvalue weighted by molar-refractivity contribution is 7.85. The van der Waals surface area contributed by atoms with Gasteiger partial charge in [-0.15, -0.1) is 0 Å². The molecule has 0 saturated heterocycles. The van der Waals surface area contributed by atoms with E-state index in [0.29, 0.717) is 10.7 Å². The number of hydrogen-bond acceptors (Lipinski definition) is 3. The van der Waals surface area contributed by atoms with Crippen molar-refractivity contribution in [3.8, 4) is 0 Å². The molecule has 0 aliphatic rings. The molecule has 110 valence electrons. The van der Waals surface area contributed by atoms with Gasteiger partial charge in [0, 0.05) is 16.4 Å². The summed E-state index contributed by atoms with van der Waals surface area (Å²) in [6.45, 7) is 0. The first kappa shape index (κ1) is 15.5. The van der Waals surface area contributed by atoms with E-state index >= 15 is 0 Å². The highest BCUT2D eigenvalue weighted by Gasteiger charge is 2.14. The Bertz CT molecular complexity index is 692. The number of benzene rings is 2. The molecule has 1 atom stereocenters. The molecule has 0 fully saturated rings. The third kappa shape index (κ3) is 4.27. The van der Waals surface area contributed by atoms with E-state index in [4.69, 9.17) is 17.3 Å². The van der Waals surface area contributed by atoms with Gasteiger partial charge < -0.3 is 11.1 Å². The fraction of sp³-hybridized carbons (Fsp3) is 0.0714. The quantitative estimate of drug-likeness (QED) is 0.849. The van der Waals surface area contributed by atoms with Gasteiger partial charge in [0.05, 0.1) is 15.7 Å². The molecule has 2 aromatic rings. The minimum absolute atomic E-state index is 0.0459. The number of nitrogens with two attached hydrogens (primary N) is 1. The first-order valence-electron chi connectivity index (χ1n) is 5.94. The number of nitrogen functional groups attached to an aromatic ring is 1. The van der Waals surface area contributed by atoms with E-state index in [9.17, 15) is 13.4 Å². The zero-order valence-electron chi connectivity index (χ0n) is 10.8. The number of anilines is 2. The Morgan fingerprint density at radius 2 is 1.90 bits per heavy atom. The second kappa shape index (κ2) is 6.69. The zero-order chi connectivity index (χ0) is 15.4. The molecule has 0 heterocycles. The lowest BCUT2D eigenvalue weighted by Gasteiger charge is -2.06. The van der Waals surface area contributed by atoms with Gasteiger partial charge in [0.25, 0.3) is 0 Å². The Morgan fingerprint density at radius 1 is 1.24 bits per heavy atom. The minimum Gasteiger partial charge on any atom is -0.399 e. The Kier molecular flexibility index (Phi) is 4.93. The van der Waals surface area contributed by atoms with Crippen LogP contribution >= 0.6 is 11.6 Å². The molecule has 0 aliphatic carbocycles. The number of rotatable bonds is 4. The van der Waals surface area contributed by atoms with Gasteiger partial charge in [-0.1, -0.05) is 11.6 Å². The Hall–Kier alpha value is -1.92. The first-order valence-corrected chi connectivity index (χ1v) is 7.64. The topological polar surface area (TPSA) is 72.2 Å². The molecule has 3 N–H and O–H groups in total. The van der Waals surface area contributed by atoms with E-state index in [1.165, 1.54) is 12.1 Å². The van der Waals surface area contributed by atoms with Crippen molar-refractivity contribution in [2.24, 2.45) is 0 Å². The van der Waals surface area contributed by atoms with E-state index in [1.807, 2.05) is 0 Å². The molecule has 2 aromatic carbocycles. The Labute approximate surface area is 128 Å². The van der Waals surface area contributed by atoms with E-state index in [2.05, 4.69) is 5.32 Å². The molecular formula is C14H12ClFN2O2S. The maximum Gasteiger partial charge on any atom is 0.237 e. The van der Waals surface area contributed by atoms with Crippen LogP contribution in [-0.4, -0.2) is 15.9 Å². The van der Waals surface area contributed by atoms with E-state index in [0.717, 1.165) is 6.07 Å². The molecule has 0 aromatic heterocycles. The predicted octanol–water partition coefficient (Wildman–Crippen LogP) is 2.81. The Balaban J connectivity index is 2.02. The summed E-state index contributed by atoms with van der Waals surface area (Å²) in [5.41, 5.74) is 6.18. The van der Waals surface area contributed by atoms with Crippen LogP contribution in [0.2, 0.25) is 5.02 Å². The van der Waals surface area contributed by atoms with E-state index < -0.39 is 22.5 Å². The lowest BCUT2D eigenvalue weighted by atomic mass is 10.3. The molecule has 0 aliphatic heterocycles. The van der Waals surface area contributed by atoms with Crippen LogP contribution < -0.4 is 11.1 Å². The van der Waals surface area contributed by atoms with Crippen LogP contribution in [-0.2, 0) is 15.6 Å². The number of hydrogen-bond donors (Lipinski definition) is 2. The van der Waals surface area contributed by atoms with Crippen LogP contribution in [0.15, 0.2) is 47.4 Å². The van der Waals surface area contributed by atoms with Crippen molar-refractivity contribution in [3.63, 3.8) is 0 Å². The molecule has 1 unspecified atom stereocenters. The smallest absolute Gasteiger partial charge is 0.237 e. The molecule has 0 radical (unpaired) electrons. The number of carbonyl (C=O) groups excluding carboxylic acids is 1. The molecule has 2 rings (SSSR count). The maximum absolute atomic E-state index is 13.6. The van der Waals surface area contributed by atoms with Gasteiger partial charge >= 0.3 is 0 Å². The van der Waals surface area contributed by atoms with Gasteiger partial charge in [0.2, 0.25) is 5.91 Å². The molecule has 0 saturated carbocycles. The minimum atomic E-state index is -1.78. The number of amides is 1. The molecular weight excluding hydrogens is 315 g/mol. The fourth-order valence-electron chi connectivity index (χ4n) is 1.63. The summed E-state index contributed by atoms with van der Waals surface area (Å²) in [4.78, 5) is 11.7. The summed E-state index contributed by atoms with van der Waals surface area (Å²) < 4.78 is 25.6. The van der Waals surface area contributed by atoms with Gasteiger partial charge in [-0.3, -0.25) is 9.00 Å². The monoisotopic (exact) mass is 326 g/mol. The van der Waals surface area contributed by atoms with E-state index in [1.54, 1.807) is 24.3 Å². The largest absolute Gasteiger partial charge is 0.399 e. The molecule has 1 amide bonds. The number of halogens is 2. The van der Waals surface area contributed by atoms with Crippen LogP contribution in [0.25, 0.3) is 0 Å². The summed E-state index contributed by atoms with van der Waals surface area (Å²) >= 11 is 5.73. The molecule has 7 heteroatoms. The average molecular weight is 327 g/mol. The highest BCUT2D eigenvalue weighted by Crippen LogP contribution is 2.17. The SMILES string of the molecule is Nc1ccc(S(=O)CC(=O)Nc2ccc(Cl)cc2)c(F)c1. The number of nitrogens with one attached hydrogen (secondary N) is 1. The van der Waals surface area contributed by atoms with Crippen molar-refractivity contribution >= 4 is 39.7 Å². The third-order valence-electron chi connectivity index (χ3n) is 2.59. The zero-order valence-corrected chi connectivity index (χ0v) is 12.4. The van der Waals surface area contributed by atoms with Crippen molar-refractivity contribution in [1.82, 2.24) is 0 Å². The first-order chi connectivity index (χ1) is 9.95. The van der Waals surface area contributed by atoms with Gasteiger partial charge in [-0.25, -0.2) is 4.39 Å². The van der Waals surface area contributed by atoms with Gasteiger partial charge in [-0.05, 0) is 42.5 Å². The number of carbonyl (C=O) groups is 1.